The molecule has 15 heavy (non-hydrogen) atoms. The van der Waals surface area contributed by atoms with Crippen LogP contribution in [0, 0.1) is 12.8 Å². The molecule has 0 unspecified atom stereocenters. The topological polar surface area (TPSA) is 37.3 Å². The Bertz CT molecular complexity index is 371. The van der Waals surface area contributed by atoms with Crippen molar-refractivity contribution in [3.63, 3.8) is 0 Å². The lowest BCUT2D eigenvalue weighted by atomic mass is 9.89. The average molecular weight is 204 g/mol. The molecule has 0 radical (unpaired) electrons. The summed E-state index contributed by atoms with van der Waals surface area (Å²) >= 11 is 0. The van der Waals surface area contributed by atoms with Gasteiger partial charge in [-0.3, -0.25) is 4.79 Å². The van der Waals surface area contributed by atoms with Crippen molar-refractivity contribution in [2.45, 2.75) is 25.7 Å². The van der Waals surface area contributed by atoms with Gasteiger partial charge in [-0.15, -0.1) is 0 Å². The highest BCUT2D eigenvalue weighted by atomic mass is 16.3. The molecule has 1 aliphatic carbocycles. The fraction of sp³-hybridized carbons (Fsp3) is 0.462. The van der Waals surface area contributed by atoms with E-state index in [0.717, 1.165) is 0 Å². The Morgan fingerprint density at radius 3 is 2.87 bits per heavy atom. The largest absolute Gasteiger partial charge is 0.396 e. The molecule has 0 bridgehead atoms. The summed E-state index contributed by atoms with van der Waals surface area (Å²) in [5.41, 5.74) is 2.41. The van der Waals surface area contributed by atoms with Crippen molar-refractivity contribution in [1.29, 1.82) is 0 Å². The third-order valence-electron chi connectivity index (χ3n) is 3.21. The Morgan fingerprint density at radius 1 is 1.40 bits per heavy atom. The molecule has 1 saturated carbocycles. The molecule has 0 amide bonds. The Morgan fingerprint density at radius 2 is 2.20 bits per heavy atom. The highest BCUT2D eigenvalue weighted by Gasteiger charge is 2.33. The molecule has 0 heterocycles. The normalized spacial score (nSPS) is 25.9. The van der Waals surface area contributed by atoms with Crippen molar-refractivity contribution >= 4 is 5.78 Å². The van der Waals surface area contributed by atoms with Crippen molar-refractivity contribution in [1.82, 2.24) is 0 Å². The summed E-state index contributed by atoms with van der Waals surface area (Å²) in [6.45, 7) is 2.17. The molecular weight excluding hydrogens is 188 g/mol. The van der Waals surface area contributed by atoms with Crippen molar-refractivity contribution in [3.8, 4) is 0 Å². The van der Waals surface area contributed by atoms with Crippen LogP contribution >= 0.6 is 0 Å². The molecule has 0 aliphatic heterocycles. The molecule has 0 saturated heterocycles. The van der Waals surface area contributed by atoms with Gasteiger partial charge in [0.25, 0.3) is 0 Å². The first-order chi connectivity index (χ1) is 7.20. The summed E-state index contributed by atoms with van der Waals surface area (Å²) in [5.74, 6) is 0.627. The first-order valence-electron chi connectivity index (χ1n) is 5.40. The lowest BCUT2D eigenvalue weighted by Crippen LogP contribution is -2.10. The number of carbonyl (C=O) groups excluding carboxylic acids is 1. The summed E-state index contributed by atoms with van der Waals surface area (Å²) < 4.78 is 0. The first-order valence-corrected chi connectivity index (χ1v) is 5.40. The molecule has 1 N–H and O–H groups in total. The molecule has 0 aromatic heterocycles. The van der Waals surface area contributed by atoms with E-state index in [2.05, 4.69) is 12.1 Å². The predicted molar refractivity (Wildman–Crippen MR) is 58.7 cm³/mol. The van der Waals surface area contributed by atoms with E-state index in [0.29, 0.717) is 12.8 Å². The summed E-state index contributed by atoms with van der Waals surface area (Å²) in [4.78, 5) is 11.4. The van der Waals surface area contributed by atoms with E-state index in [9.17, 15) is 9.90 Å². The smallest absolute Gasteiger partial charge is 0.133 e. The number of aliphatic hydroxyl groups excluding tert-OH is 1. The van der Waals surface area contributed by atoms with Crippen LogP contribution in [0.15, 0.2) is 24.3 Å². The quantitative estimate of drug-likeness (QED) is 0.800. The maximum atomic E-state index is 11.4. The number of rotatable bonds is 2. The molecule has 2 rings (SSSR count). The zero-order valence-electron chi connectivity index (χ0n) is 8.94. The van der Waals surface area contributed by atoms with E-state index in [1.165, 1.54) is 11.1 Å². The Hall–Kier alpha value is -1.15. The van der Waals surface area contributed by atoms with Gasteiger partial charge < -0.3 is 5.11 Å². The monoisotopic (exact) mass is 204 g/mol. The number of carbonyl (C=O) groups is 1. The van der Waals surface area contributed by atoms with E-state index >= 15 is 0 Å². The van der Waals surface area contributed by atoms with E-state index in [-0.39, 0.29) is 24.2 Å². The maximum Gasteiger partial charge on any atom is 0.133 e. The highest BCUT2D eigenvalue weighted by Crippen LogP contribution is 2.37. The van der Waals surface area contributed by atoms with Crippen LogP contribution < -0.4 is 0 Å². The predicted octanol–water partition coefficient (Wildman–Crippen LogP) is 2.05. The van der Waals surface area contributed by atoms with Crippen LogP contribution in [-0.2, 0) is 4.79 Å². The number of hydrogen-bond donors (Lipinski definition) is 1. The van der Waals surface area contributed by atoms with E-state index in [4.69, 9.17) is 0 Å². The summed E-state index contributed by atoms with van der Waals surface area (Å²) in [6.07, 6.45) is 1.13. The molecular formula is C13H16O2. The lowest BCUT2D eigenvalue weighted by molar-refractivity contribution is -0.117. The number of Topliss-reactive ketones (excluding diaryl/α,β-unsaturated/α-hetero) is 1. The van der Waals surface area contributed by atoms with Crippen LogP contribution in [-0.4, -0.2) is 17.5 Å². The van der Waals surface area contributed by atoms with E-state index in [1.807, 2.05) is 19.1 Å². The molecule has 2 nitrogen and oxygen atoms in total. The number of benzene rings is 1. The van der Waals surface area contributed by atoms with Gasteiger partial charge in [0.2, 0.25) is 0 Å². The van der Waals surface area contributed by atoms with Crippen LogP contribution in [0.2, 0.25) is 0 Å². The SMILES string of the molecule is Cc1cccc([C@H]2CC(=O)C[C@@H]2CO)c1. The van der Waals surface area contributed by atoms with Crippen molar-refractivity contribution in [2.75, 3.05) is 6.61 Å². The summed E-state index contributed by atoms with van der Waals surface area (Å²) in [7, 11) is 0. The van der Waals surface area contributed by atoms with E-state index in [1.54, 1.807) is 0 Å². The van der Waals surface area contributed by atoms with Crippen LogP contribution in [0.1, 0.15) is 29.9 Å². The zero-order chi connectivity index (χ0) is 10.8. The second kappa shape index (κ2) is 4.15. The number of ketones is 1. The molecule has 0 spiro atoms. The average Bonchev–Trinajstić information content (AvgIpc) is 2.59. The lowest BCUT2D eigenvalue weighted by Gasteiger charge is -2.16. The molecule has 2 atom stereocenters. The highest BCUT2D eigenvalue weighted by molar-refractivity contribution is 5.82. The summed E-state index contributed by atoms with van der Waals surface area (Å²) in [5, 5.41) is 9.23. The minimum atomic E-state index is 0.115. The molecule has 1 fully saturated rings. The third kappa shape index (κ3) is 2.10. The van der Waals surface area contributed by atoms with Gasteiger partial charge in [-0.05, 0) is 24.3 Å². The van der Waals surface area contributed by atoms with Gasteiger partial charge in [-0.2, -0.15) is 0 Å². The number of hydrogen-bond acceptors (Lipinski definition) is 2. The van der Waals surface area contributed by atoms with Gasteiger partial charge in [-0.1, -0.05) is 29.8 Å². The van der Waals surface area contributed by atoms with Gasteiger partial charge in [0.05, 0.1) is 0 Å². The number of aliphatic hydroxyl groups is 1. The van der Waals surface area contributed by atoms with Crippen molar-refractivity contribution in [3.05, 3.63) is 35.4 Å². The van der Waals surface area contributed by atoms with Gasteiger partial charge in [-0.25, -0.2) is 0 Å². The molecule has 1 aromatic carbocycles. The minimum absolute atomic E-state index is 0.115. The second-order valence-electron chi connectivity index (χ2n) is 4.41. The van der Waals surface area contributed by atoms with Crippen LogP contribution in [0.5, 0.6) is 0 Å². The maximum absolute atomic E-state index is 11.4. The standard InChI is InChI=1S/C13H16O2/c1-9-3-2-4-10(5-9)13-7-12(15)6-11(13)8-14/h2-5,11,13-14H,6-8H2,1H3/t11-,13-/m1/s1. The fourth-order valence-corrected chi connectivity index (χ4v) is 2.41. The molecule has 1 aromatic rings. The molecule has 2 heteroatoms. The first kappa shape index (κ1) is 10.4. The van der Waals surface area contributed by atoms with Gasteiger partial charge in [0.15, 0.2) is 0 Å². The van der Waals surface area contributed by atoms with Gasteiger partial charge >= 0.3 is 0 Å². The molecule has 1 aliphatic rings. The Kier molecular flexibility index (Phi) is 2.87. The minimum Gasteiger partial charge on any atom is -0.396 e. The Balaban J connectivity index is 2.26. The Labute approximate surface area is 89.9 Å². The van der Waals surface area contributed by atoms with Crippen LogP contribution in [0.25, 0.3) is 0 Å². The van der Waals surface area contributed by atoms with Gasteiger partial charge in [0.1, 0.15) is 5.78 Å². The molecule has 80 valence electrons. The zero-order valence-corrected chi connectivity index (χ0v) is 8.94. The van der Waals surface area contributed by atoms with Crippen molar-refractivity contribution in [2.24, 2.45) is 5.92 Å². The summed E-state index contributed by atoms with van der Waals surface area (Å²) in [6, 6.07) is 8.24. The van der Waals surface area contributed by atoms with E-state index < -0.39 is 0 Å². The third-order valence-corrected chi connectivity index (χ3v) is 3.21. The van der Waals surface area contributed by atoms with Crippen LogP contribution in [0.4, 0.5) is 0 Å². The van der Waals surface area contributed by atoms with Crippen molar-refractivity contribution < 1.29 is 9.90 Å². The number of aryl methyl sites for hydroxylation is 1. The van der Waals surface area contributed by atoms with Gasteiger partial charge in [0, 0.05) is 19.4 Å². The second-order valence-corrected chi connectivity index (χ2v) is 4.41. The fourth-order valence-electron chi connectivity index (χ4n) is 2.41. The van der Waals surface area contributed by atoms with Crippen LogP contribution in [0.3, 0.4) is 0 Å².